The first kappa shape index (κ1) is 20.1. The molecular formula is C14H29O5P-2. The quantitative estimate of drug-likeness (QED) is 0.343. The van der Waals surface area contributed by atoms with Gasteiger partial charge in [0.15, 0.2) is 0 Å². The van der Waals surface area contributed by atoms with Gasteiger partial charge in [0.25, 0.3) is 0 Å². The normalized spacial score (nSPS) is 11.9. The van der Waals surface area contributed by atoms with Crippen LogP contribution in [0, 0.1) is 0 Å². The Kier molecular flexibility index (Phi) is 14.1. The van der Waals surface area contributed by atoms with Gasteiger partial charge >= 0.3 is 0 Å². The summed E-state index contributed by atoms with van der Waals surface area (Å²) in [7, 11) is -4.83. The second-order valence-electron chi connectivity index (χ2n) is 5.07. The first-order valence-corrected chi connectivity index (χ1v) is 9.26. The summed E-state index contributed by atoms with van der Waals surface area (Å²) in [6.07, 6.45) is 12.7. The molecule has 0 aromatic carbocycles. The lowest BCUT2D eigenvalue weighted by Gasteiger charge is -2.28. The molecule has 0 heterocycles. The third-order valence-electron chi connectivity index (χ3n) is 3.12. The third kappa shape index (κ3) is 18.1. The zero-order valence-corrected chi connectivity index (χ0v) is 13.6. The Bertz CT molecular complexity index is 242. The topological polar surface area (TPSA) is 81.7 Å². The molecule has 0 spiro atoms. The minimum absolute atomic E-state index is 0.159. The van der Waals surface area contributed by atoms with Crippen LogP contribution in [0.25, 0.3) is 0 Å². The largest absolute Gasteiger partial charge is 0.790 e. The molecule has 0 fully saturated rings. The summed E-state index contributed by atoms with van der Waals surface area (Å²) in [6.45, 7) is 2.81. The molecule has 0 rings (SSSR count). The zero-order valence-electron chi connectivity index (χ0n) is 12.7. The number of phosphoric ester groups is 1. The van der Waals surface area contributed by atoms with Crippen LogP contribution in [-0.2, 0) is 13.8 Å². The molecule has 6 heteroatoms. The lowest BCUT2D eigenvalue weighted by Crippen LogP contribution is -2.18. The summed E-state index contributed by atoms with van der Waals surface area (Å²) in [5, 5.41) is 0. The first-order valence-electron chi connectivity index (χ1n) is 7.80. The van der Waals surface area contributed by atoms with E-state index >= 15 is 0 Å². The van der Waals surface area contributed by atoms with E-state index in [1.165, 1.54) is 51.4 Å². The zero-order chi connectivity index (χ0) is 15.1. The van der Waals surface area contributed by atoms with Crippen molar-refractivity contribution < 1.29 is 23.6 Å². The van der Waals surface area contributed by atoms with Crippen LogP contribution in [0.4, 0.5) is 0 Å². The molecule has 0 saturated heterocycles. The molecule has 0 aliphatic carbocycles. The Labute approximate surface area is 123 Å². The predicted octanol–water partition coefficient (Wildman–Crippen LogP) is 2.77. The van der Waals surface area contributed by atoms with Crippen LogP contribution >= 0.6 is 7.82 Å². The standard InChI is InChI=1S/C14H31O5P/c1-2-3-4-5-6-7-8-9-10-11-12-18-13-14-19-20(15,16)17/h2-14H2,1H3,(H2,15,16,17)/p-2. The number of rotatable bonds is 15. The molecule has 0 radical (unpaired) electrons. The maximum absolute atomic E-state index is 10.1. The molecule has 20 heavy (non-hydrogen) atoms. The highest BCUT2D eigenvalue weighted by Gasteiger charge is 1.94. The van der Waals surface area contributed by atoms with Crippen molar-refractivity contribution >= 4 is 7.82 Å². The second kappa shape index (κ2) is 14.0. The molecule has 122 valence electrons. The first-order chi connectivity index (χ1) is 9.56. The minimum Gasteiger partial charge on any atom is -0.790 e. The Morgan fingerprint density at radius 3 is 1.75 bits per heavy atom. The van der Waals surface area contributed by atoms with Crippen molar-refractivity contribution in [3.05, 3.63) is 0 Å². The van der Waals surface area contributed by atoms with Crippen LogP contribution in [0.2, 0.25) is 0 Å². The molecule has 0 aliphatic rings. The minimum atomic E-state index is -4.83. The van der Waals surface area contributed by atoms with E-state index in [4.69, 9.17) is 4.74 Å². The number of hydrogen-bond donors (Lipinski definition) is 0. The van der Waals surface area contributed by atoms with E-state index in [2.05, 4.69) is 11.4 Å². The molecule has 0 bridgehead atoms. The van der Waals surface area contributed by atoms with E-state index in [1.54, 1.807) is 0 Å². The van der Waals surface area contributed by atoms with Crippen molar-refractivity contribution in [1.29, 1.82) is 0 Å². The number of hydrogen-bond acceptors (Lipinski definition) is 5. The van der Waals surface area contributed by atoms with Gasteiger partial charge in [0.1, 0.15) is 0 Å². The smallest absolute Gasteiger partial charge is 0.0752 e. The van der Waals surface area contributed by atoms with Crippen molar-refractivity contribution in [2.75, 3.05) is 19.8 Å². The highest BCUT2D eigenvalue weighted by atomic mass is 31.2. The van der Waals surface area contributed by atoms with E-state index in [-0.39, 0.29) is 13.2 Å². The van der Waals surface area contributed by atoms with E-state index < -0.39 is 7.82 Å². The molecular weight excluding hydrogens is 279 g/mol. The van der Waals surface area contributed by atoms with Gasteiger partial charge in [0, 0.05) is 6.61 Å². The van der Waals surface area contributed by atoms with Gasteiger partial charge < -0.3 is 23.6 Å². The van der Waals surface area contributed by atoms with Gasteiger partial charge in [-0.05, 0) is 6.42 Å². The monoisotopic (exact) mass is 308 g/mol. The van der Waals surface area contributed by atoms with Gasteiger partial charge in [-0.15, -0.1) is 0 Å². The van der Waals surface area contributed by atoms with Crippen LogP contribution in [0.15, 0.2) is 0 Å². The fourth-order valence-electron chi connectivity index (χ4n) is 2.00. The van der Waals surface area contributed by atoms with Crippen LogP contribution in [0.5, 0.6) is 0 Å². The fourth-order valence-corrected chi connectivity index (χ4v) is 2.30. The molecule has 0 N–H and O–H groups in total. The molecule has 0 aliphatic heterocycles. The van der Waals surface area contributed by atoms with Crippen molar-refractivity contribution in [1.82, 2.24) is 0 Å². The maximum atomic E-state index is 10.1. The van der Waals surface area contributed by atoms with Gasteiger partial charge in [-0.25, -0.2) is 0 Å². The summed E-state index contributed by atoms with van der Waals surface area (Å²) in [6, 6.07) is 0. The number of ether oxygens (including phenoxy) is 1. The molecule has 5 nitrogen and oxygen atoms in total. The van der Waals surface area contributed by atoms with Crippen LogP contribution in [0.1, 0.15) is 71.1 Å². The maximum Gasteiger partial charge on any atom is 0.0752 e. The van der Waals surface area contributed by atoms with Crippen LogP contribution < -0.4 is 9.79 Å². The SMILES string of the molecule is CCCCCCCCCCCCOCCOP(=O)([O-])[O-]. The summed E-state index contributed by atoms with van der Waals surface area (Å²) in [5.41, 5.74) is 0. The van der Waals surface area contributed by atoms with Crippen LogP contribution in [-0.4, -0.2) is 19.8 Å². The Morgan fingerprint density at radius 1 is 0.750 bits per heavy atom. The van der Waals surface area contributed by atoms with Crippen molar-refractivity contribution in [3.8, 4) is 0 Å². The van der Waals surface area contributed by atoms with Crippen LogP contribution in [0.3, 0.4) is 0 Å². The van der Waals surface area contributed by atoms with E-state index in [9.17, 15) is 14.4 Å². The van der Waals surface area contributed by atoms with Gasteiger partial charge in [-0.3, -0.25) is 0 Å². The van der Waals surface area contributed by atoms with Crippen molar-refractivity contribution in [2.45, 2.75) is 71.1 Å². The average molecular weight is 308 g/mol. The van der Waals surface area contributed by atoms with E-state index in [0.29, 0.717) is 6.61 Å². The van der Waals surface area contributed by atoms with Crippen molar-refractivity contribution in [2.24, 2.45) is 0 Å². The van der Waals surface area contributed by atoms with E-state index in [0.717, 1.165) is 12.8 Å². The molecule has 0 saturated carbocycles. The Hall–Kier alpha value is 0.0700. The van der Waals surface area contributed by atoms with Gasteiger partial charge in [0.05, 0.1) is 21.0 Å². The Morgan fingerprint density at radius 2 is 1.25 bits per heavy atom. The van der Waals surface area contributed by atoms with Crippen molar-refractivity contribution in [3.63, 3.8) is 0 Å². The fraction of sp³-hybridized carbons (Fsp3) is 1.00. The lowest BCUT2D eigenvalue weighted by molar-refractivity contribution is -0.342. The van der Waals surface area contributed by atoms with Gasteiger partial charge in [-0.2, -0.15) is 0 Å². The average Bonchev–Trinajstić information content (AvgIpc) is 2.38. The summed E-state index contributed by atoms with van der Waals surface area (Å²) >= 11 is 0. The highest BCUT2D eigenvalue weighted by molar-refractivity contribution is 7.43. The number of unbranched alkanes of at least 4 members (excludes halogenated alkanes) is 9. The molecule has 0 atom stereocenters. The summed E-state index contributed by atoms with van der Waals surface area (Å²) in [5.74, 6) is 0. The molecule has 0 aromatic heterocycles. The predicted molar refractivity (Wildman–Crippen MR) is 76.2 cm³/mol. The second-order valence-corrected chi connectivity index (χ2v) is 6.23. The molecule has 0 aromatic rings. The highest BCUT2D eigenvalue weighted by Crippen LogP contribution is 2.23. The van der Waals surface area contributed by atoms with E-state index in [1.807, 2.05) is 0 Å². The van der Waals surface area contributed by atoms with Gasteiger partial charge in [-0.1, -0.05) is 64.7 Å². The Balaban J connectivity index is 3.01. The summed E-state index contributed by atoms with van der Waals surface area (Å²) in [4.78, 5) is 20.3. The number of phosphoric acid groups is 1. The molecule has 0 unspecified atom stereocenters. The third-order valence-corrected chi connectivity index (χ3v) is 3.62. The molecule has 0 amide bonds. The lowest BCUT2D eigenvalue weighted by atomic mass is 10.1. The summed E-state index contributed by atoms with van der Waals surface area (Å²) < 4.78 is 19.4. The van der Waals surface area contributed by atoms with Gasteiger partial charge in [0.2, 0.25) is 0 Å².